The first-order valence-electron chi connectivity index (χ1n) is 10.7. The van der Waals surface area contributed by atoms with Gasteiger partial charge in [-0.2, -0.15) is 9.97 Å². The van der Waals surface area contributed by atoms with E-state index in [-0.39, 0.29) is 6.04 Å². The second-order valence-electron chi connectivity index (χ2n) is 8.24. The molecule has 5 rings (SSSR count). The van der Waals surface area contributed by atoms with Gasteiger partial charge in [0.15, 0.2) is 0 Å². The van der Waals surface area contributed by atoms with Crippen LogP contribution < -0.4 is 10.1 Å². The fourth-order valence-electron chi connectivity index (χ4n) is 4.41. The number of aliphatic hydroxyl groups is 1. The molecule has 1 aromatic carbocycles. The van der Waals surface area contributed by atoms with Gasteiger partial charge in [-0.05, 0) is 49.8 Å². The summed E-state index contributed by atoms with van der Waals surface area (Å²) in [5, 5.41) is 14.7. The number of hydrogen-bond donors (Lipinski definition) is 3. The molecule has 0 aliphatic heterocycles. The first-order chi connectivity index (χ1) is 15.1. The molecule has 0 unspecified atom stereocenters. The Labute approximate surface area is 180 Å². The summed E-state index contributed by atoms with van der Waals surface area (Å²) in [7, 11) is 1.62. The Morgan fingerprint density at radius 2 is 1.94 bits per heavy atom. The smallest absolute Gasteiger partial charge is 0.228 e. The minimum Gasteiger partial charge on any atom is -0.480 e. The van der Waals surface area contributed by atoms with Crippen LogP contribution in [0.1, 0.15) is 39.0 Å². The maximum Gasteiger partial charge on any atom is 0.228 e. The number of nitrogens with zero attached hydrogens (tertiary/aromatic N) is 4. The lowest BCUT2D eigenvalue weighted by molar-refractivity contribution is -0.00198. The molecule has 8 nitrogen and oxygen atoms in total. The number of H-pyrrole nitrogens is 1. The molecule has 3 aromatic heterocycles. The number of aromatic nitrogens is 5. The van der Waals surface area contributed by atoms with Gasteiger partial charge in [-0.15, -0.1) is 0 Å². The second kappa shape index (κ2) is 7.77. The van der Waals surface area contributed by atoms with Crippen LogP contribution in [0.2, 0.25) is 0 Å². The van der Waals surface area contributed by atoms with Crippen LogP contribution in [0, 0.1) is 0 Å². The SMILES string of the molecule is CCC1(O)CCC(Nc2nc(OC)c3c(-c4ccc5nccnc5c4)c[nH]c3n2)CC1. The number of aromatic amines is 1. The molecule has 4 aromatic rings. The molecule has 0 bridgehead atoms. The van der Waals surface area contributed by atoms with Crippen LogP contribution >= 0.6 is 0 Å². The van der Waals surface area contributed by atoms with Crippen LogP contribution in [-0.4, -0.2) is 48.8 Å². The van der Waals surface area contributed by atoms with Gasteiger partial charge in [0.05, 0.1) is 29.1 Å². The van der Waals surface area contributed by atoms with Crippen molar-refractivity contribution in [1.29, 1.82) is 0 Å². The predicted octanol–water partition coefficient (Wildman–Crippen LogP) is 4.07. The highest BCUT2D eigenvalue weighted by Crippen LogP contribution is 2.36. The highest BCUT2D eigenvalue weighted by molar-refractivity contribution is 5.99. The van der Waals surface area contributed by atoms with E-state index in [2.05, 4.69) is 25.3 Å². The van der Waals surface area contributed by atoms with E-state index in [0.717, 1.165) is 59.7 Å². The highest BCUT2D eigenvalue weighted by atomic mass is 16.5. The third-order valence-corrected chi connectivity index (χ3v) is 6.38. The van der Waals surface area contributed by atoms with Gasteiger partial charge in [-0.25, -0.2) is 0 Å². The van der Waals surface area contributed by atoms with Gasteiger partial charge in [-0.1, -0.05) is 13.0 Å². The van der Waals surface area contributed by atoms with Gasteiger partial charge in [0.25, 0.3) is 0 Å². The van der Waals surface area contributed by atoms with Gasteiger partial charge in [0.2, 0.25) is 11.8 Å². The van der Waals surface area contributed by atoms with Crippen LogP contribution in [0.4, 0.5) is 5.95 Å². The van der Waals surface area contributed by atoms with E-state index in [1.165, 1.54) is 0 Å². The molecule has 3 heterocycles. The Kier molecular flexibility index (Phi) is 4.94. The quantitative estimate of drug-likeness (QED) is 0.448. The largest absolute Gasteiger partial charge is 0.480 e. The van der Waals surface area contributed by atoms with E-state index in [9.17, 15) is 5.11 Å². The average molecular weight is 419 g/mol. The Morgan fingerprint density at radius 3 is 2.68 bits per heavy atom. The zero-order valence-electron chi connectivity index (χ0n) is 17.7. The number of rotatable bonds is 5. The molecule has 1 saturated carbocycles. The first kappa shape index (κ1) is 19.7. The summed E-state index contributed by atoms with van der Waals surface area (Å²) < 4.78 is 5.64. The first-order valence-corrected chi connectivity index (χ1v) is 10.7. The van der Waals surface area contributed by atoms with Gasteiger partial charge in [0.1, 0.15) is 5.65 Å². The fraction of sp³-hybridized carbons (Fsp3) is 0.391. The minimum absolute atomic E-state index is 0.238. The average Bonchev–Trinajstić information content (AvgIpc) is 3.24. The van der Waals surface area contributed by atoms with Crippen molar-refractivity contribution in [3.8, 4) is 17.0 Å². The minimum atomic E-state index is -0.529. The van der Waals surface area contributed by atoms with Crippen molar-refractivity contribution in [3.05, 3.63) is 36.8 Å². The van der Waals surface area contributed by atoms with Gasteiger partial charge in [0, 0.05) is 30.2 Å². The van der Waals surface area contributed by atoms with Gasteiger partial charge in [-0.3, -0.25) is 9.97 Å². The van der Waals surface area contributed by atoms with Crippen molar-refractivity contribution in [2.75, 3.05) is 12.4 Å². The van der Waals surface area contributed by atoms with Crippen molar-refractivity contribution >= 4 is 28.0 Å². The number of ether oxygens (including phenoxy) is 1. The number of benzene rings is 1. The molecule has 0 saturated heterocycles. The van der Waals surface area contributed by atoms with Crippen molar-refractivity contribution < 1.29 is 9.84 Å². The monoisotopic (exact) mass is 418 g/mol. The molecule has 1 aliphatic rings. The lowest BCUT2D eigenvalue weighted by atomic mass is 9.80. The van der Waals surface area contributed by atoms with Crippen LogP contribution in [0.15, 0.2) is 36.8 Å². The standard InChI is InChI=1S/C23H26N6O2/c1-3-23(30)8-6-15(7-9-23)27-22-28-20-19(21(29-22)31-2)16(13-26-20)14-4-5-17-18(12-14)25-11-10-24-17/h4-5,10-13,15,30H,3,6-9H2,1-2H3,(H2,26,27,28,29). The van der Waals surface area contributed by atoms with E-state index in [1.807, 2.05) is 31.3 Å². The number of anilines is 1. The Morgan fingerprint density at radius 1 is 1.16 bits per heavy atom. The number of methoxy groups -OCH3 is 1. The Hall–Kier alpha value is -3.26. The van der Waals surface area contributed by atoms with Crippen LogP contribution in [0.3, 0.4) is 0 Å². The Balaban J connectivity index is 1.46. The molecule has 0 radical (unpaired) electrons. The maximum absolute atomic E-state index is 10.5. The zero-order valence-corrected chi connectivity index (χ0v) is 17.7. The third-order valence-electron chi connectivity index (χ3n) is 6.38. The molecule has 31 heavy (non-hydrogen) atoms. The fourth-order valence-corrected chi connectivity index (χ4v) is 4.41. The number of nitrogens with one attached hydrogen (secondary N) is 2. The predicted molar refractivity (Wildman–Crippen MR) is 120 cm³/mol. The summed E-state index contributed by atoms with van der Waals surface area (Å²) in [4.78, 5) is 21.3. The molecule has 160 valence electrons. The summed E-state index contributed by atoms with van der Waals surface area (Å²) in [6, 6.07) is 6.22. The number of hydrogen-bond acceptors (Lipinski definition) is 7. The van der Waals surface area contributed by atoms with Crippen LogP contribution in [0.5, 0.6) is 5.88 Å². The second-order valence-corrected chi connectivity index (χ2v) is 8.24. The summed E-state index contributed by atoms with van der Waals surface area (Å²) in [5.41, 5.74) is 3.81. The van der Waals surface area contributed by atoms with Crippen LogP contribution in [-0.2, 0) is 0 Å². The zero-order chi connectivity index (χ0) is 21.4. The van der Waals surface area contributed by atoms with E-state index in [0.29, 0.717) is 17.5 Å². The molecule has 0 amide bonds. The lowest BCUT2D eigenvalue weighted by Crippen LogP contribution is -2.38. The molecular formula is C23H26N6O2. The summed E-state index contributed by atoms with van der Waals surface area (Å²) in [6.45, 7) is 2.04. The summed E-state index contributed by atoms with van der Waals surface area (Å²) in [5.74, 6) is 1.05. The van der Waals surface area contributed by atoms with Crippen LogP contribution in [0.25, 0.3) is 33.2 Å². The van der Waals surface area contributed by atoms with E-state index < -0.39 is 5.60 Å². The van der Waals surface area contributed by atoms with Gasteiger partial charge < -0.3 is 20.1 Å². The Bertz CT molecular complexity index is 1230. The highest BCUT2D eigenvalue weighted by Gasteiger charge is 2.31. The molecule has 1 fully saturated rings. The third kappa shape index (κ3) is 3.67. The topological polar surface area (TPSA) is 109 Å². The van der Waals surface area contributed by atoms with Crippen molar-refractivity contribution in [1.82, 2.24) is 24.9 Å². The van der Waals surface area contributed by atoms with E-state index >= 15 is 0 Å². The van der Waals surface area contributed by atoms with E-state index in [1.54, 1.807) is 19.5 Å². The summed E-state index contributed by atoms with van der Waals surface area (Å²) >= 11 is 0. The van der Waals surface area contributed by atoms with Crippen molar-refractivity contribution in [2.24, 2.45) is 0 Å². The molecule has 0 atom stereocenters. The molecule has 3 N–H and O–H groups in total. The van der Waals surface area contributed by atoms with Crippen molar-refractivity contribution in [2.45, 2.75) is 50.7 Å². The molecule has 1 aliphatic carbocycles. The lowest BCUT2D eigenvalue weighted by Gasteiger charge is -2.35. The number of fused-ring (bicyclic) bond motifs is 2. The van der Waals surface area contributed by atoms with E-state index in [4.69, 9.17) is 9.72 Å². The normalized spacial score (nSPS) is 21.5. The molecule has 0 spiro atoms. The molecular weight excluding hydrogens is 392 g/mol. The van der Waals surface area contributed by atoms with Gasteiger partial charge >= 0.3 is 0 Å². The van der Waals surface area contributed by atoms with Crippen molar-refractivity contribution in [3.63, 3.8) is 0 Å². The maximum atomic E-state index is 10.5. The molecule has 8 heteroatoms. The summed E-state index contributed by atoms with van der Waals surface area (Å²) in [6.07, 6.45) is 9.46.